The molecule has 0 fully saturated rings. The Labute approximate surface area is 148 Å². The average Bonchev–Trinajstić information content (AvgIpc) is 2.57. The molecule has 24 heavy (non-hydrogen) atoms. The molecule has 3 nitrogen and oxygen atoms in total. The largest absolute Gasteiger partial charge is 0.324 e. The number of fused-ring (bicyclic) bond motifs is 1. The first kappa shape index (κ1) is 18.4. The summed E-state index contributed by atoms with van der Waals surface area (Å²) in [6.45, 7) is 3.49. The quantitative estimate of drug-likeness (QED) is 0.883. The van der Waals surface area contributed by atoms with E-state index in [2.05, 4.69) is 10.6 Å². The van der Waals surface area contributed by atoms with Gasteiger partial charge in [-0.1, -0.05) is 35.9 Å². The number of aryl methyl sites for hydroxylation is 2. The number of amides is 1. The molecule has 0 aromatic heterocycles. The van der Waals surface area contributed by atoms with Crippen LogP contribution in [0.2, 0.25) is 0 Å². The smallest absolute Gasteiger partial charge is 0.224 e. The molecular weight excluding hydrogens is 327 g/mol. The van der Waals surface area contributed by atoms with Crippen LogP contribution >= 0.6 is 12.4 Å². The van der Waals surface area contributed by atoms with Crippen molar-refractivity contribution in [1.29, 1.82) is 0 Å². The van der Waals surface area contributed by atoms with Crippen molar-refractivity contribution in [1.82, 2.24) is 5.32 Å². The Bertz CT molecular complexity index is 716. The zero-order valence-electron chi connectivity index (χ0n) is 13.7. The number of hydrogen-bond donors (Lipinski definition) is 2. The van der Waals surface area contributed by atoms with Crippen molar-refractivity contribution in [3.05, 3.63) is 64.5 Å². The van der Waals surface area contributed by atoms with Crippen LogP contribution in [0.1, 0.15) is 28.7 Å². The van der Waals surface area contributed by atoms with Crippen LogP contribution in [0.25, 0.3) is 0 Å². The maximum absolute atomic E-state index is 14.5. The highest BCUT2D eigenvalue weighted by molar-refractivity contribution is 5.91. The van der Waals surface area contributed by atoms with E-state index in [-0.39, 0.29) is 24.1 Å². The highest BCUT2D eigenvalue weighted by Gasteiger charge is 2.17. The van der Waals surface area contributed by atoms with E-state index in [0.29, 0.717) is 31.5 Å². The van der Waals surface area contributed by atoms with Crippen LogP contribution in [0.4, 0.5) is 10.1 Å². The van der Waals surface area contributed by atoms with Gasteiger partial charge in [0.25, 0.3) is 0 Å². The Morgan fingerprint density at radius 1 is 1.21 bits per heavy atom. The third-order valence-corrected chi connectivity index (χ3v) is 4.24. The molecule has 0 saturated heterocycles. The molecule has 0 unspecified atom stereocenters. The summed E-state index contributed by atoms with van der Waals surface area (Å²) in [5.74, 6) is -0.439. The molecule has 1 heterocycles. The summed E-state index contributed by atoms with van der Waals surface area (Å²) in [4.78, 5) is 12.1. The van der Waals surface area contributed by atoms with Gasteiger partial charge in [-0.3, -0.25) is 4.79 Å². The zero-order chi connectivity index (χ0) is 16.2. The van der Waals surface area contributed by atoms with E-state index in [1.165, 1.54) is 5.56 Å². The fourth-order valence-corrected chi connectivity index (χ4v) is 2.86. The summed E-state index contributed by atoms with van der Waals surface area (Å²) >= 11 is 0. The van der Waals surface area contributed by atoms with Crippen LogP contribution in [-0.4, -0.2) is 12.5 Å². The van der Waals surface area contributed by atoms with Gasteiger partial charge in [-0.25, -0.2) is 4.39 Å². The van der Waals surface area contributed by atoms with E-state index >= 15 is 0 Å². The molecule has 2 N–H and O–H groups in total. The van der Waals surface area contributed by atoms with Crippen LogP contribution in [0.5, 0.6) is 0 Å². The zero-order valence-corrected chi connectivity index (χ0v) is 14.5. The van der Waals surface area contributed by atoms with E-state index in [9.17, 15) is 9.18 Å². The molecule has 3 rings (SSSR count). The Balaban J connectivity index is 0.00000208. The molecule has 0 spiro atoms. The minimum atomic E-state index is -0.285. The first-order valence-corrected chi connectivity index (χ1v) is 8.00. The van der Waals surface area contributed by atoms with Crippen molar-refractivity contribution < 1.29 is 9.18 Å². The number of nitrogens with one attached hydrogen (secondary N) is 2. The van der Waals surface area contributed by atoms with E-state index in [1.807, 2.05) is 37.3 Å². The van der Waals surface area contributed by atoms with Gasteiger partial charge in [0.15, 0.2) is 0 Å². The lowest BCUT2D eigenvalue weighted by Gasteiger charge is -2.19. The molecule has 0 saturated carbocycles. The Morgan fingerprint density at radius 2 is 1.96 bits per heavy atom. The molecule has 0 aliphatic carbocycles. The van der Waals surface area contributed by atoms with Gasteiger partial charge in [-0.2, -0.15) is 0 Å². The van der Waals surface area contributed by atoms with Gasteiger partial charge in [0, 0.05) is 13.0 Å². The first-order valence-electron chi connectivity index (χ1n) is 8.00. The van der Waals surface area contributed by atoms with Crippen molar-refractivity contribution in [2.75, 3.05) is 11.9 Å². The third kappa shape index (κ3) is 4.34. The van der Waals surface area contributed by atoms with Gasteiger partial charge < -0.3 is 10.6 Å². The minimum Gasteiger partial charge on any atom is -0.324 e. The molecule has 1 aliphatic rings. The molecule has 1 amide bonds. The maximum Gasteiger partial charge on any atom is 0.224 e. The average molecular weight is 349 g/mol. The molecule has 5 heteroatoms. The fourth-order valence-electron chi connectivity index (χ4n) is 2.86. The Kier molecular flexibility index (Phi) is 6.35. The summed E-state index contributed by atoms with van der Waals surface area (Å²) in [6.07, 6.45) is 1.66. The lowest BCUT2D eigenvalue weighted by molar-refractivity contribution is -0.116. The van der Waals surface area contributed by atoms with Crippen molar-refractivity contribution in [2.45, 2.75) is 32.7 Å². The Morgan fingerprint density at radius 3 is 2.71 bits per heavy atom. The predicted molar refractivity (Wildman–Crippen MR) is 97.2 cm³/mol. The lowest BCUT2D eigenvalue weighted by atomic mass is 9.99. The molecule has 128 valence electrons. The third-order valence-electron chi connectivity index (χ3n) is 4.24. The number of benzene rings is 2. The second kappa shape index (κ2) is 8.27. The van der Waals surface area contributed by atoms with Crippen LogP contribution in [0, 0.1) is 12.7 Å². The number of anilines is 1. The minimum absolute atomic E-state index is 0. The van der Waals surface area contributed by atoms with E-state index in [1.54, 1.807) is 6.07 Å². The monoisotopic (exact) mass is 348 g/mol. The van der Waals surface area contributed by atoms with Crippen LogP contribution < -0.4 is 10.6 Å². The van der Waals surface area contributed by atoms with Crippen LogP contribution in [0.3, 0.4) is 0 Å². The normalized spacial score (nSPS) is 12.9. The van der Waals surface area contributed by atoms with Gasteiger partial charge >= 0.3 is 0 Å². The van der Waals surface area contributed by atoms with Gasteiger partial charge in [0.1, 0.15) is 5.82 Å². The highest BCUT2D eigenvalue weighted by Crippen LogP contribution is 2.24. The van der Waals surface area contributed by atoms with Crippen LogP contribution in [0.15, 0.2) is 36.4 Å². The number of carbonyl (C=O) groups is 1. The number of carbonyl (C=O) groups excluding carboxylic acids is 1. The van der Waals surface area contributed by atoms with Crippen molar-refractivity contribution in [3.63, 3.8) is 0 Å². The maximum atomic E-state index is 14.5. The van der Waals surface area contributed by atoms with Gasteiger partial charge in [0.05, 0.1) is 5.69 Å². The van der Waals surface area contributed by atoms with Gasteiger partial charge in [0.2, 0.25) is 5.91 Å². The number of hydrogen-bond acceptors (Lipinski definition) is 2. The summed E-state index contributed by atoms with van der Waals surface area (Å²) < 4.78 is 14.5. The number of halogens is 2. The Hall–Kier alpha value is -1.91. The highest BCUT2D eigenvalue weighted by atomic mass is 35.5. The van der Waals surface area contributed by atoms with E-state index in [0.717, 1.165) is 23.2 Å². The number of rotatable bonds is 4. The topological polar surface area (TPSA) is 41.1 Å². The summed E-state index contributed by atoms with van der Waals surface area (Å²) in [7, 11) is 0. The first-order chi connectivity index (χ1) is 11.1. The molecule has 0 radical (unpaired) electrons. The lowest BCUT2D eigenvalue weighted by Crippen LogP contribution is -2.25. The molecule has 0 atom stereocenters. The summed E-state index contributed by atoms with van der Waals surface area (Å²) in [5, 5.41) is 5.92. The predicted octanol–water partition coefficient (Wildman–Crippen LogP) is 3.77. The molecule has 0 bridgehead atoms. The molecule has 1 aliphatic heterocycles. The van der Waals surface area contributed by atoms with Crippen molar-refractivity contribution >= 4 is 24.0 Å². The van der Waals surface area contributed by atoms with E-state index < -0.39 is 0 Å². The second-order valence-electron chi connectivity index (χ2n) is 6.03. The van der Waals surface area contributed by atoms with Crippen molar-refractivity contribution in [3.8, 4) is 0 Å². The SMILES string of the molecule is Cc1ccc(CCC(=O)Nc2ccc3c(c2F)CCNC3)cc1.Cl. The standard InChI is InChI=1S/C19H21FN2O.ClH/c1-13-2-4-14(5-3-13)6-9-18(23)22-17-8-7-15-12-21-11-10-16(15)19(17)20;/h2-5,7-8,21H,6,9-12H2,1H3,(H,22,23);1H. The van der Waals surface area contributed by atoms with Gasteiger partial charge in [-0.15, -0.1) is 12.4 Å². The van der Waals surface area contributed by atoms with E-state index in [4.69, 9.17) is 0 Å². The second-order valence-corrected chi connectivity index (χ2v) is 6.03. The molecular formula is C19H22ClFN2O. The van der Waals surface area contributed by atoms with Gasteiger partial charge in [-0.05, 0) is 49.1 Å². The summed E-state index contributed by atoms with van der Waals surface area (Å²) in [5.41, 5.74) is 4.30. The van der Waals surface area contributed by atoms with Crippen LogP contribution in [-0.2, 0) is 24.2 Å². The van der Waals surface area contributed by atoms with Crippen molar-refractivity contribution in [2.24, 2.45) is 0 Å². The summed E-state index contributed by atoms with van der Waals surface area (Å²) in [6, 6.07) is 11.7. The molecule has 2 aromatic rings. The molecule has 2 aromatic carbocycles. The fraction of sp³-hybridized carbons (Fsp3) is 0.316.